The van der Waals surface area contributed by atoms with Crippen LogP contribution in [0.15, 0.2) is 6.20 Å². The first-order chi connectivity index (χ1) is 9.44. The smallest absolute Gasteiger partial charge is 0.341 e. The molecular formula is C11H16F3N5O. The summed E-state index contributed by atoms with van der Waals surface area (Å²) in [4.78, 5) is 11.5. The van der Waals surface area contributed by atoms with Crippen molar-refractivity contribution in [2.75, 3.05) is 19.6 Å². The minimum Gasteiger partial charge on any atom is -0.341 e. The quantitative estimate of drug-likeness (QED) is 0.851. The molecule has 0 bridgehead atoms. The largest absolute Gasteiger partial charge is 0.405 e. The predicted molar refractivity (Wildman–Crippen MR) is 64.0 cm³/mol. The number of amides is 1. The van der Waals surface area contributed by atoms with Crippen molar-refractivity contribution in [2.45, 2.75) is 25.6 Å². The number of alkyl halides is 3. The molecule has 20 heavy (non-hydrogen) atoms. The molecule has 1 aliphatic rings. The number of carbonyl (C=O) groups excluding carboxylic acids is 1. The molecule has 1 fully saturated rings. The molecule has 1 aromatic rings. The molecule has 0 aliphatic carbocycles. The van der Waals surface area contributed by atoms with Crippen molar-refractivity contribution in [1.82, 2.24) is 25.6 Å². The minimum absolute atomic E-state index is 0.0991. The van der Waals surface area contributed by atoms with Crippen LogP contribution in [0.4, 0.5) is 13.2 Å². The zero-order valence-corrected chi connectivity index (χ0v) is 10.8. The van der Waals surface area contributed by atoms with Crippen LogP contribution in [0.1, 0.15) is 23.3 Å². The average Bonchev–Trinajstić information content (AvgIpc) is 2.85. The topological polar surface area (TPSA) is 71.8 Å². The second-order valence-corrected chi connectivity index (χ2v) is 4.84. The van der Waals surface area contributed by atoms with Crippen LogP contribution in [0.5, 0.6) is 0 Å². The second-order valence-electron chi connectivity index (χ2n) is 4.84. The zero-order valence-electron chi connectivity index (χ0n) is 10.8. The van der Waals surface area contributed by atoms with E-state index in [0.29, 0.717) is 12.5 Å². The van der Waals surface area contributed by atoms with Crippen molar-refractivity contribution < 1.29 is 18.0 Å². The van der Waals surface area contributed by atoms with Crippen LogP contribution >= 0.6 is 0 Å². The van der Waals surface area contributed by atoms with E-state index >= 15 is 0 Å². The van der Waals surface area contributed by atoms with E-state index in [-0.39, 0.29) is 5.69 Å². The van der Waals surface area contributed by atoms with Gasteiger partial charge in [0.1, 0.15) is 6.54 Å². The molecule has 2 N–H and O–H groups in total. The van der Waals surface area contributed by atoms with E-state index in [2.05, 4.69) is 15.6 Å². The van der Waals surface area contributed by atoms with Gasteiger partial charge in [0.15, 0.2) is 5.69 Å². The summed E-state index contributed by atoms with van der Waals surface area (Å²) in [5.41, 5.74) is -0.0991. The summed E-state index contributed by atoms with van der Waals surface area (Å²) in [6.45, 7) is 1.10. The molecule has 112 valence electrons. The third-order valence-corrected chi connectivity index (χ3v) is 3.06. The van der Waals surface area contributed by atoms with E-state index < -0.39 is 18.6 Å². The highest BCUT2D eigenvalue weighted by atomic mass is 19.4. The normalized spacial score (nSPS) is 19.9. The molecule has 0 spiro atoms. The Bertz CT molecular complexity index is 453. The molecule has 0 aromatic carbocycles. The van der Waals surface area contributed by atoms with Gasteiger partial charge in [-0.05, 0) is 31.8 Å². The van der Waals surface area contributed by atoms with Crippen LogP contribution < -0.4 is 10.6 Å². The van der Waals surface area contributed by atoms with E-state index in [9.17, 15) is 18.0 Å². The van der Waals surface area contributed by atoms with Gasteiger partial charge in [0.25, 0.3) is 5.91 Å². The Morgan fingerprint density at radius 3 is 3.00 bits per heavy atom. The molecule has 1 amide bonds. The Morgan fingerprint density at radius 1 is 1.55 bits per heavy atom. The number of nitrogens with zero attached hydrogens (tertiary/aromatic N) is 3. The number of nitrogens with one attached hydrogen (secondary N) is 2. The summed E-state index contributed by atoms with van der Waals surface area (Å²) in [6, 6.07) is 0. The first-order valence-corrected chi connectivity index (χ1v) is 6.40. The first kappa shape index (κ1) is 14.8. The van der Waals surface area contributed by atoms with Crippen molar-refractivity contribution in [3.05, 3.63) is 11.9 Å². The van der Waals surface area contributed by atoms with Crippen LogP contribution in [0.25, 0.3) is 0 Å². The van der Waals surface area contributed by atoms with Crippen LogP contribution in [0.3, 0.4) is 0 Å². The summed E-state index contributed by atoms with van der Waals surface area (Å²) in [6.07, 6.45) is -0.916. The van der Waals surface area contributed by atoms with Gasteiger partial charge in [-0.1, -0.05) is 5.21 Å². The van der Waals surface area contributed by atoms with Crippen LogP contribution in [-0.2, 0) is 6.54 Å². The fourth-order valence-electron chi connectivity index (χ4n) is 2.11. The maximum absolute atomic E-state index is 12.0. The number of hydrogen-bond donors (Lipinski definition) is 2. The number of aromatic nitrogens is 3. The summed E-state index contributed by atoms with van der Waals surface area (Å²) in [7, 11) is 0. The SMILES string of the molecule is O=C(NCC(F)(F)F)c1cn(C[C@H]2CCCNC2)nn1. The van der Waals surface area contributed by atoms with Gasteiger partial charge in [0.2, 0.25) is 0 Å². The summed E-state index contributed by atoms with van der Waals surface area (Å²) in [5.74, 6) is -0.466. The van der Waals surface area contributed by atoms with E-state index in [1.807, 2.05) is 0 Å². The molecule has 1 aromatic heterocycles. The van der Waals surface area contributed by atoms with E-state index in [4.69, 9.17) is 0 Å². The third kappa shape index (κ3) is 4.48. The van der Waals surface area contributed by atoms with Crippen LogP contribution in [0, 0.1) is 5.92 Å². The minimum atomic E-state index is -4.43. The standard InChI is InChI=1S/C11H16F3N5O/c12-11(13,14)7-16-10(20)9-6-19(18-17-9)5-8-2-1-3-15-4-8/h6,8,15H,1-5,7H2,(H,16,20)/t8-/m0/s1. The molecule has 2 rings (SSSR count). The number of piperidine rings is 1. The molecule has 2 heterocycles. The van der Waals surface area contributed by atoms with Gasteiger partial charge in [-0.15, -0.1) is 5.10 Å². The van der Waals surface area contributed by atoms with Gasteiger partial charge in [-0.3, -0.25) is 9.48 Å². The van der Waals surface area contributed by atoms with Crippen molar-refractivity contribution in [3.8, 4) is 0 Å². The molecule has 0 saturated carbocycles. The lowest BCUT2D eigenvalue weighted by molar-refractivity contribution is -0.123. The number of rotatable bonds is 4. The van der Waals surface area contributed by atoms with Crippen LogP contribution in [-0.4, -0.2) is 46.7 Å². The molecular weight excluding hydrogens is 275 g/mol. The molecule has 1 aliphatic heterocycles. The maximum atomic E-state index is 12.0. The average molecular weight is 291 g/mol. The van der Waals surface area contributed by atoms with Crippen molar-refractivity contribution in [2.24, 2.45) is 5.92 Å². The van der Waals surface area contributed by atoms with E-state index in [0.717, 1.165) is 25.9 Å². The Morgan fingerprint density at radius 2 is 2.35 bits per heavy atom. The number of hydrogen-bond acceptors (Lipinski definition) is 4. The first-order valence-electron chi connectivity index (χ1n) is 6.40. The molecule has 9 heteroatoms. The van der Waals surface area contributed by atoms with Gasteiger partial charge in [-0.2, -0.15) is 13.2 Å². The lowest BCUT2D eigenvalue weighted by Crippen LogP contribution is -2.34. The lowest BCUT2D eigenvalue weighted by atomic mass is 10.00. The predicted octanol–water partition coefficient (Wildman–Crippen LogP) is 0.570. The van der Waals surface area contributed by atoms with E-state index in [1.54, 1.807) is 5.32 Å². The molecule has 0 radical (unpaired) electrons. The Labute approximate surface area is 113 Å². The van der Waals surface area contributed by atoms with Gasteiger partial charge >= 0.3 is 6.18 Å². The number of halogens is 3. The highest BCUT2D eigenvalue weighted by molar-refractivity contribution is 5.91. The fourth-order valence-corrected chi connectivity index (χ4v) is 2.11. The van der Waals surface area contributed by atoms with E-state index in [1.165, 1.54) is 10.9 Å². The summed E-state index contributed by atoms with van der Waals surface area (Å²) in [5, 5.41) is 12.4. The molecule has 0 unspecified atom stereocenters. The Hall–Kier alpha value is -1.64. The summed E-state index contributed by atoms with van der Waals surface area (Å²) < 4.78 is 37.4. The van der Waals surface area contributed by atoms with Crippen molar-refractivity contribution in [1.29, 1.82) is 0 Å². The van der Waals surface area contributed by atoms with Gasteiger partial charge in [0, 0.05) is 6.54 Å². The van der Waals surface area contributed by atoms with Gasteiger partial charge in [-0.25, -0.2) is 0 Å². The Balaban J connectivity index is 1.86. The summed E-state index contributed by atoms with van der Waals surface area (Å²) >= 11 is 0. The van der Waals surface area contributed by atoms with Gasteiger partial charge in [0.05, 0.1) is 6.20 Å². The van der Waals surface area contributed by atoms with Crippen molar-refractivity contribution >= 4 is 5.91 Å². The maximum Gasteiger partial charge on any atom is 0.405 e. The lowest BCUT2D eigenvalue weighted by Gasteiger charge is -2.22. The monoisotopic (exact) mass is 291 g/mol. The third-order valence-electron chi connectivity index (χ3n) is 3.06. The van der Waals surface area contributed by atoms with Crippen molar-refractivity contribution in [3.63, 3.8) is 0 Å². The Kier molecular flexibility index (Phi) is 4.58. The van der Waals surface area contributed by atoms with Gasteiger partial charge < -0.3 is 10.6 Å². The molecule has 1 saturated heterocycles. The molecule has 6 nitrogen and oxygen atoms in total. The highest BCUT2D eigenvalue weighted by Gasteiger charge is 2.28. The van der Waals surface area contributed by atoms with Crippen LogP contribution in [0.2, 0.25) is 0 Å². The highest BCUT2D eigenvalue weighted by Crippen LogP contribution is 2.13. The number of carbonyl (C=O) groups is 1. The molecule has 1 atom stereocenters. The fraction of sp³-hybridized carbons (Fsp3) is 0.727. The zero-order chi connectivity index (χ0) is 14.6. The second kappa shape index (κ2) is 6.21.